The lowest BCUT2D eigenvalue weighted by Crippen LogP contribution is -2.23. The Labute approximate surface area is 158 Å². The monoisotopic (exact) mass is 450 g/mol. The van der Waals surface area contributed by atoms with E-state index in [2.05, 4.69) is 21.2 Å². The SMILES string of the molecule is CN(C)S(=O)(=O)c1cc(C(=O)Nc2cccc(Cl)c2Cl)ccc1Br. The van der Waals surface area contributed by atoms with Crippen LogP contribution in [0.5, 0.6) is 0 Å². The molecule has 0 saturated carbocycles. The summed E-state index contributed by atoms with van der Waals surface area (Å²) in [5.74, 6) is -0.498. The predicted octanol–water partition coefficient (Wildman–Crippen LogP) is 4.26. The van der Waals surface area contributed by atoms with Crippen LogP contribution in [0.1, 0.15) is 10.4 Å². The van der Waals surface area contributed by atoms with E-state index in [9.17, 15) is 13.2 Å². The van der Waals surface area contributed by atoms with Crippen LogP contribution in [0.3, 0.4) is 0 Å². The van der Waals surface area contributed by atoms with Gasteiger partial charge in [-0.3, -0.25) is 4.79 Å². The Morgan fingerprint density at radius 3 is 2.46 bits per heavy atom. The molecule has 24 heavy (non-hydrogen) atoms. The number of nitrogens with one attached hydrogen (secondary N) is 1. The van der Waals surface area contributed by atoms with Crippen molar-refractivity contribution in [3.05, 3.63) is 56.5 Å². The van der Waals surface area contributed by atoms with Crippen LogP contribution < -0.4 is 5.32 Å². The van der Waals surface area contributed by atoms with Crippen LogP contribution in [0.4, 0.5) is 5.69 Å². The predicted molar refractivity (Wildman–Crippen MR) is 99.4 cm³/mol. The van der Waals surface area contributed by atoms with Gasteiger partial charge in [-0.2, -0.15) is 0 Å². The van der Waals surface area contributed by atoms with E-state index in [-0.39, 0.29) is 15.5 Å². The fraction of sp³-hybridized carbons (Fsp3) is 0.133. The van der Waals surface area contributed by atoms with Crippen LogP contribution in [0.25, 0.3) is 0 Å². The first-order valence-electron chi connectivity index (χ1n) is 6.62. The van der Waals surface area contributed by atoms with E-state index in [1.165, 1.54) is 32.3 Å². The summed E-state index contributed by atoms with van der Waals surface area (Å²) in [5.41, 5.74) is 0.517. The number of rotatable bonds is 4. The zero-order valence-corrected chi connectivity index (χ0v) is 16.6. The van der Waals surface area contributed by atoms with Crippen molar-refractivity contribution in [1.29, 1.82) is 0 Å². The van der Waals surface area contributed by atoms with E-state index < -0.39 is 15.9 Å². The highest BCUT2D eigenvalue weighted by Crippen LogP contribution is 2.30. The maximum absolute atomic E-state index is 12.4. The number of carbonyl (C=O) groups is 1. The van der Waals surface area contributed by atoms with Gasteiger partial charge in [0.1, 0.15) is 0 Å². The van der Waals surface area contributed by atoms with Crippen molar-refractivity contribution in [2.75, 3.05) is 19.4 Å². The number of anilines is 1. The van der Waals surface area contributed by atoms with Crippen LogP contribution >= 0.6 is 39.1 Å². The lowest BCUT2D eigenvalue weighted by Gasteiger charge is -2.14. The molecule has 1 N–H and O–H groups in total. The molecule has 0 heterocycles. The molecule has 0 aliphatic carbocycles. The van der Waals surface area contributed by atoms with Gasteiger partial charge in [0, 0.05) is 24.1 Å². The minimum absolute atomic E-state index is 0.00246. The standard InChI is InChI=1S/C15H13BrCl2N2O3S/c1-20(2)24(22,23)13-8-9(6-7-10(13)16)15(21)19-12-5-3-4-11(17)14(12)18/h3-8H,1-2H3,(H,19,21). The van der Waals surface area contributed by atoms with Crippen LogP contribution in [0, 0.1) is 0 Å². The molecule has 5 nitrogen and oxygen atoms in total. The molecule has 0 atom stereocenters. The smallest absolute Gasteiger partial charge is 0.255 e. The second-order valence-electron chi connectivity index (χ2n) is 4.99. The average molecular weight is 452 g/mol. The molecule has 0 aromatic heterocycles. The fourth-order valence-electron chi connectivity index (χ4n) is 1.83. The van der Waals surface area contributed by atoms with Gasteiger partial charge in [0.05, 0.1) is 20.6 Å². The summed E-state index contributed by atoms with van der Waals surface area (Å²) in [7, 11) is -0.858. The van der Waals surface area contributed by atoms with Crippen LogP contribution in [0.15, 0.2) is 45.8 Å². The summed E-state index contributed by atoms with van der Waals surface area (Å²) in [6.07, 6.45) is 0. The Hall–Kier alpha value is -1.12. The topological polar surface area (TPSA) is 66.5 Å². The normalized spacial score (nSPS) is 11.6. The third-order valence-electron chi connectivity index (χ3n) is 3.15. The van der Waals surface area contributed by atoms with E-state index in [0.29, 0.717) is 15.2 Å². The molecule has 2 rings (SSSR count). The molecule has 2 aromatic carbocycles. The number of halogens is 3. The van der Waals surface area contributed by atoms with Gasteiger partial charge in [-0.1, -0.05) is 29.3 Å². The second-order valence-corrected chi connectivity index (χ2v) is 8.75. The lowest BCUT2D eigenvalue weighted by molar-refractivity contribution is 0.102. The van der Waals surface area contributed by atoms with E-state index in [1.807, 2.05) is 0 Å². The molecule has 0 fully saturated rings. The number of amides is 1. The molecule has 0 spiro atoms. The van der Waals surface area contributed by atoms with E-state index in [1.54, 1.807) is 18.2 Å². The van der Waals surface area contributed by atoms with E-state index in [0.717, 1.165) is 4.31 Å². The zero-order valence-electron chi connectivity index (χ0n) is 12.7. The van der Waals surface area contributed by atoms with Crippen LogP contribution in [0.2, 0.25) is 10.0 Å². The van der Waals surface area contributed by atoms with Gasteiger partial charge in [0.25, 0.3) is 5.91 Å². The van der Waals surface area contributed by atoms with E-state index in [4.69, 9.17) is 23.2 Å². The second kappa shape index (κ2) is 7.41. The van der Waals surface area contributed by atoms with Crippen molar-refractivity contribution in [2.24, 2.45) is 0 Å². The number of hydrogen-bond donors (Lipinski definition) is 1. The summed E-state index contributed by atoms with van der Waals surface area (Å²) in [4.78, 5) is 12.4. The number of hydrogen-bond acceptors (Lipinski definition) is 3. The number of benzene rings is 2. The first-order chi connectivity index (χ1) is 11.1. The molecule has 128 valence electrons. The van der Waals surface area contributed by atoms with Gasteiger partial charge in [-0.05, 0) is 46.3 Å². The highest BCUT2D eigenvalue weighted by molar-refractivity contribution is 9.10. The maximum atomic E-state index is 12.4. The Morgan fingerprint density at radius 2 is 1.83 bits per heavy atom. The van der Waals surface area contributed by atoms with Gasteiger partial charge in [-0.15, -0.1) is 0 Å². The first-order valence-corrected chi connectivity index (χ1v) is 9.61. The van der Waals surface area contributed by atoms with Gasteiger partial charge < -0.3 is 5.32 Å². The highest BCUT2D eigenvalue weighted by atomic mass is 79.9. The molecule has 0 aliphatic rings. The molecule has 0 unspecified atom stereocenters. The minimum atomic E-state index is -3.69. The molecule has 0 aliphatic heterocycles. The first kappa shape index (κ1) is 19.2. The summed E-state index contributed by atoms with van der Waals surface area (Å²) in [5, 5.41) is 3.14. The van der Waals surface area contributed by atoms with Gasteiger partial charge >= 0.3 is 0 Å². The van der Waals surface area contributed by atoms with Crippen molar-refractivity contribution < 1.29 is 13.2 Å². The van der Waals surface area contributed by atoms with Gasteiger partial charge in [-0.25, -0.2) is 12.7 Å². The molecular weight excluding hydrogens is 439 g/mol. The van der Waals surface area contributed by atoms with Crippen molar-refractivity contribution in [1.82, 2.24) is 4.31 Å². The van der Waals surface area contributed by atoms with Crippen molar-refractivity contribution in [3.8, 4) is 0 Å². The van der Waals surface area contributed by atoms with Crippen LogP contribution in [-0.2, 0) is 10.0 Å². The molecule has 0 saturated heterocycles. The Bertz CT molecular complexity index is 902. The summed E-state index contributed by atoms with van der Waals surface area (Å²) in [6, 6.07) is 9.15. The van der Waals surface area contributed by atoms with Crippen molar-refractivity contribution >= 4 is 60.7 Å². The summed E-state index contributed by atoms with van der Waals surface area (Å²) in [6.45, 7) is 0. The van der Waals surface area contributed by atoms with Crippen molar-refractivity contribution in [3.63, 3.8) is 0 Å². The number of nitrogens with zero attached hydrogens (tertiary/aromatic N) is 1. The molecule has 1 amide bonds. The number of carbonyl (C=O) groups excluding carboxylic acids is 1. The quantitative estimate of drug-likeness (QED) is 0.755. The molecule has 0 bridgehead atoms. The highest BCUT2D eigenvalue weighted by Gasteiger charge is 2.22. The summed E-state index contributed by atoms with van der Waals surface area (Å²) < 4.78 is 26.1. The fourth-order valence-corrected chi connectivity index (χ4v) is 4.03. The molecule has 9 heteroatoms. The molecule has 2 aromatic rings. The largest absolute Gasteiger partial charge is 0.321 e. The Balaban J connectivity index is 2.40. The van der Waals surface area contributed by atoms with Crippen molar-refractivity contribution in [2.45, 2.75) is 4.90 Å². The third-order valence-corrected chi connectivity index (χ3v) is 6.78. The Morgan fingerprint density at radius 1 is 1.17 bits per heavy atom. The minimum Gasteiger partial charge on any atom is -0.321 e. The maximum Gasteiger partial charge on any atom is 0.255 e. The summed E-state index contributed by atoms with van der Waals surface area (Å²) >= 11 is 15.1. The number of sulfonamides is 1. The Kier molecular flexibility index (Phi) is 5.93. The molecule has 0 radical (unpaired) electrons. The van der Waals surface area contributed by atoms with E-state index >= 15 is 0 Å². The lowest BCUT2D eigenvalue weighted by atomic mass is 10.2. The zero-order chi connectivity index (χ0) is 18.1. The average Bonchev–Trinajstić information content (AvgIpc) is 2.51. The third kappa shape index (κ3) is 3.92. The van der Waals surface area contributed by atoms with Crippen LogP contribution in [-0.4, -0.2) is 32.7 Å². The van der Waals surface area contributed by atoms with Gasteiger partial charge in [0.2, 0.25) is 10.0 Å². The van der Waals surface area contributed by atoms with Gasteiger partial charge in [0.15, 0.2) is 0 Å². The molecular formula is C15H13BrCl2N2O3S.